The van der Waals surface area contributed by atoms with Crippen LogP contribution in [0.2, 0.25) is 0 Å². The summed E-state index contributed by atoms with van der Waals surface area (Å²) in [5.41, 5.74) is 0.174. The van der Waals surface area contributed by atoms with Crippen molar-refractivity contribution in [1.82, 2.24) is 10.3 Å². The van der Waals surface area contributed by atoms with Crippen molar-refractivity contribution in [3.8, 4) is 0 Å². The quantitative estimate of drug-likeness (QED) is 0.874. The van der Waals surface area contributed by atoms with Crippen LogP contribution in [0.1, 0.15) is 53.8 Å². The van der Waals surface area contributed by atoms with Gasteiger partial charge in [-0.1, -0.05) is 20.3 Å². The van der Waals surface area contributed by atoms with Gasteiger partial charge in [0, 0.05) is 18.4 Å². The van der Waals surface area contributed by atoms with Gasteiger partial charge < -0.3 is 10.4 Å². The first-order valence-corrected chi connectivity index (χ1v) is 6.40. The van der Waals surface area contributed by atoms with Crippen LogP contribution in [0.15, 0.2) is 18.5 Å². The van der Waals surface area contributed by atoms with Crippen molar-refractivity contribution < 1.29 is 14.7 Å². The predicted octanol–water partition coefficient (Wildman–Crippen LogP) is 2.09. The average Bonchev–Trinajstić information content (AvgIpc) is 2.68. The first-order chi connectivity index (χ1) is 8.92. The summed E-state index contributed by atoms with van der Waals surface area (Å²) in [6.45, 7) is 4.24. The van der Waals surface area contributed by atoms with E-state index < -0.39 is 5.97 Å². The third kappa shape index (κ3) is 2.75. The molecule has 102 valence electrons. The average molecular weight is 262 g/mol. The zero-order valence-corrected chi connectivity index (χ0v) is 11.1. The molecule has 0 bridgehead atoms. The van der Waals surface area contributed by atoms with E-state index >= 15 is 0 Å². The molecule has 1 atom stereocenters. The second-order valence-corrected chi connectivity index (χ2v) is 5.63. The molecular formula is C14H18N2O3. The highest BCUT2D eigenvalue weighted by atomic mass is 16.4. The van der Waals surface area contributed by atoms with E-state index in [0.717, 1.165) is 19.3 Å². The molecule has 0 aromatic carbocycles. The lowest BCUT2D eigenvalue weighted by atomic mass is 9.87. The number of rotatable bonds is 3. The molecule has 0 saturated heterocycles. The van der Waals surface area contributed by atoms with Crippen LogP contribution < -0.4 is 5.32 Å². The maximum Gasteiger partial charge on any atom is 0.338 e. The molecule has 1 saturated carbocycles. The van der Waals surface area contributed by atoms with Crippen LogP contribution in [0, 0.1) is 5.41 Å². The Bertz CT molecular complexity index is 511. The van der Waals surface area contributed by atoms with Crippen molar-refractivity contribution in [2.24, 2.45) is 5.41 Å². The number of aromatic carboxylic acids is 1. The Hall–Kier alpha value is -1.91. The lowest BCUT2D eigenvalue weighted by Gasteiger charge is -2.27. The Balaban J connectivity index is 2.19. The molecule has 0 spiro atoms. The van der Waals surface area contributed by atoms with Crippen LogP contribution in [0.4, 0.5) is 0 Å². The third-order valence-electron chi connectivity index (χ3n) is 3.86. The molecule has 1 aliphatic carbocycles. The van der Waals surface area contributed by atoms with Gasteiger partial charge in [0.2, 0.25) is 0 Å². The van der Waals surface area contributed by atoms with Gasteiger partial charge in [0.1, 0.15) is 0 Å². The number of carboxylic acids is 1. The molecular weight excluding hydrogens is 244 g/mol. The molecule has 1 aliphatic rings. The number of carbonyl (C=O) groups excluding carboxylic acids is 1. The summed E-state index contributed by atoms with van der Waals surface area (Å²) in [6.07, 6.45) is 5.73. The fourth-order valence-corrected chi connectivity index (χ4v) is 2.59. The summed E-state index contributed by atoms with van der Waals surface area (Å²) in [7, 11) is 0. The smallest absolute Gasteiger partial charge is 0.338 e. The van der Waals surface area contributed by atoms with E-state index in [0.29, 0.717) is 0 Å². The van der Waals surface area contributed by atoms with Gasteiger partial charge >= 0.3 is 5.97 Å². The lowest BCUT2D eigenvalue weighted by molar-refractivity contribution is 0.0689. The van der Waals surface area contributed by atoms with Crippen molar-refractivity contribution in [3.63, 3.8) is 0 Å². The number of pyridine rings is 1. The number of amides is 1. The molecule has 1 amide bonds. The summed E-state index contributed by atoms with van der Waals surface area (Å²) in [4.78, 5) is 27.0. The number of hydrogen-bond acceptors (Lipinski definition) is 3. The fraction of sp³-hybridized carbons (Fsp3) is 0.500. The van der Waals surface area contributed by atoms with E-state index in [9.17, 15) is 9.59 Å². The molecule has 2 N–H and O–H groups in total. The van der Waals surface area contributed by atoms with Crippen molar-refractivity contribution in [2.75, 3.05) is 0 Å². The Kier molecular flexibility index (Phi) is 3.55. The molecule has 19 heavy (non-hydrogen) atoms. The van der Waals surface area contributed by atoms with Crippen molar-refractivity contribution in [2.45, 2.75) is 39.2 Å². The molecule has 1 heterocycles. The Labute approximate surface area is 112 Å². The highest BCUT2D eigenvalue weighted by molar-refractivity contribution is 6.04. The van der Waals surface area contributed by atoms with Gasteiger partial charge in [0.05, 0.1) is 11.1 Å². The zero-order chi connectivity index (χ0) is 14.0. The van der Waals surface area contributed by atoms with Crippen LogP contribution in [0.25, 0.3) is 0 Å². The standard InChI is InChI=1S/C14H18N2O3/c1-14(2)6-3-4-11(14)16-12(17)9-5-7-15-8-10(9)13(18)19/h5,7-8,11H,3-4,6H2,1-2H3,(H,16,17)(H,18,19). The summed E-state index contributed by atoms with van der Waals surface area (Å²) in [5.74, 6) is -1.47. The summed E-state index contributed by atoms with van der Waals surface area (Å²) < 4.78 is 0. The van der Waals surface area contributed by atoms with Crippen molar-refractivity contribution >= 4 is 11.9 Å². The van der Waals surface area contributed by atoms with E-state index in [-0.39, 0.29) is 28.5 Å². The van der Waals surface area contributed by atoms with Crippen LogP contribution in [0.5, 0.6) is 0 Å². The van der Waals surface area contributed by atoms with Gasteiger partial charge in [-0.3, -0.25) is 9.78 Å². The molecule has 1 unspecified atom stereocenters. The fourth-order valence-electron chi connectivity index (χ4n) is 2.59. The van der Waals surface area contributed by atoms with Crippen LogP contribution in [-0.2, 0) is 0 Å². The number of nitrogens with one attached hydrogen (secondary N) is 1. The zero-order valence-electron chi connectivity index (χ0n) is 11.1. The van der Waals surface area contributed by atoms with Gasteiger partial charge in [-0.2, -0.15) is 0 Å². The third-order valence-corrected chi connectivity index (χ3v) is 3.86. The van der Waals surface area contributed by atoms with Gasteiger partial charge in [0.25, 0.3) is 5.91 Å². The lowest BCUT2D eigenvalue weighted by Crippen LogP contribution is -2.41. The second kappa shape index (κ2) is 4.99. The largest absolute Gasteiger partial charge is 0.478 e. The van der Waals surface area contributed by atoms with Gasteiger partial charge in [-0.25, -0.2) is 4.79 Å². The highest BCUT2D eigenvalue weighted by Gasteiger charge is 2.35. The number of carboxylic acid groups (broad SMARTS) is 1. The van der Waals surface area contributed by atoms with E-state index in [1.54, 1.807) is 0 Å². The van der Waals surface area contributed by atoms with E-state index in [1.807, 2.05) is 0 Å². The summed E-state index contributed by atoms with van der Waals surface area (Å²) in [6, 6.07) is 1.54. The Morgan fingerprint density at radius 1 is 1.42 bits per heavy atom. The van der Waals surface area contributed by atoms with E-state index in [1.165, 1.54) is 18.5 Å². The molecule has 5 heteroatoms. The van der Waals surface area contributed by atoms with Crippen LogP contribution in [0.3, 0.4) is 0 Å². The molecule has 1 aromatic rings. The predicted molar refractivity (Wildman–Crippen MR) is 70.1 cm³/mol. The number of aromatic nitrogens is 1. The molecule has 5 nitrogen and oxygen atoms in total. The number of hydrogen-bond donors (Lipinski definition) is 2. The minimum absolute atomic E-state index is 0.0594. The molecule has 2 rings (SSSR count). The topological polar surface area (TPSA) is 79.3 Å². The maximum absolute atomic E-state index is 12.2. The molecule has 1 fully saturated rings. The maximum atomic E-state index is 12.2. The second-order valence-electron chi connectivity index (χ2n) is 5.63. The first-order valence-electron chi connectivity index (χ1n) is 6.40. The first kappa shape index (κ1) is 13.5. The molecule has 0 aliphatic heterocycles. The normalized spacial score (nSPS) is 21.1. The van der Waals surface area contributed by atoms with Crippen LogP contribution in [-0.4, -0.2) is 28.0 Å². The molecule has 0 radical (unpaired) electrons. The highest BCUT2D eigenvalue weighted by Crippen LogP contribution is 2.37. The summed E-state index contributed by atoms with van der Waals surface area (Å²) >= 11 is 0. The number of carbonyl (C=O) groups is 2. The number of nitrogens with zero attached hydrogens (tertiary/aromatic N) is 1. The monoisotopic (exact) mass is 262 g/mol. The minimum Gasteiger partial charge on any atom is -0.478 e. The van der Waals surface area contributed by atoms with Crippen molar-refractivity contribution in [1.29, 1.82) is 0 Å². The van der Waals surface area contributed by atoms with Crippen molar-refractivity contribution in [3.05, 3.63) is 29.6 Å². The Morgan fingerprint density at radius 3 is 2.74 bits per heavy atom. The summed E-state index contributed by atoms with van der Waals surface area (Å²) in [5, 5.41) is 12.0. The van der Waals surface area contributed by atoms with E-state index in [2.05, 4.69) is 24.1 Å². The van der Waals surface area contributed by atoms with Crippen LogP contribution >= 0.6 is 0 Å². The SMILES string of the molecule is CC1(C)CCCC1NC(=O)c1ccncc1C(=O)O. The molecule has 1 aromatic heterocycles. The van der Waals surface area contributed by atoms with Gasteiger partial charge in [0.15, 0.2) is 0 Å². The minimum atomic E-state index is -1.14. The Morgan fingerprint density at radius 2 is 2.16 bits per heavy atom. The van der Waals surface area contributed by atoms with Gasteiger partial charge in [-0.15, -0.1) is 0 Å². The van der Waals surface area contributed by atoms with Gasteiger partial charge in [-0.05, 0) is 24.3 Å². The van der Waals surface area contributed by atoms with E-state index in [4.69, 9.17) is 5.11 Å².